The van der Waals surface area contributed by atoms with Crippen LogP contribution in [-0.4, -0.2) is 39.0 Å². The Kier molecular flexibility index (Phi) is 20.2. The Morgan fingerprint density at radius 1 is 0.842 bits per heavy atom. The van der Waals surface area contributed by atoms with Crippen LogP contribution in [0.2, 0.25) is 0 Å². The number of fused-ring (bicyclic) bond motifs is 1. The molecule has 2 rings (SSSR count). The number of nitrogens with zero attached hydrogens (tertiary/aromatic N) is 4. The number of rotatable bonds is 24. The van der Waals surface area contributed by atoms with Gasteiger partial charge in [0.15, 0.2) is 18.3 Å². The van der Waals surface area contributed by atoms with E-state index in [0.29, 0.717) is 30.1 Å². The lowest BCUT2D eigenvalue weighted by Gasteiger charge is -2.14. The number of imidazole rings is 1. The molecule has 0 bridgehead atoms. The topological polar surface area (TPSA) is 149 Å². The average Bonchev–Trinajstić information content (AvgIpc) is 3.29. The number of nitrogens with two attached hydrogens (primary N) is 1. The predicted molar refractivity (Wildman–Crippen MR) is 156 cm³/mol. The number of unbranched alkanes of at least 4 members (excludes halogenated alkanes) is 15. The molecule has 0 aliphatic carbocycles. The third-order valence-electron chi connectivity index (χ3n) is 6.63. The van der Waals surface area contributed by atoms with Gasteiger partial charge >= 0.3 is 8.25 Å². The minimum absolute atomic E-state index is 0. The molecule has 5 N–H and O–H groups in total. The Balaban J connectivity index is 0.00000722. The molecule has 0 fully saturated rings. The van der Waals surface area contributed by atoms with E-state index in [1.54, 1.807) is 6.33 Å². The van der Waals surface area contributed by atoms with Gasteiger partial charge in [0.25, 0.3) is 0 Å². The van der Waals surface area contributed by atoms with E-state index in [1.807, 2.05) is 11.5 Å². The fraction of sp³-hybridized carbons (Fsp3) is 0.815. The molecule has 38 heavy (non-hydrogen) atoms. The van der Waals surface area contributed by atoms with Crippen LogP contribution in [0.1, 0.15) is 117 Å². The second-order valence-electron chi connectivity index (χ2n) is 9.97. The number of hydrogen-bond donors (Lipinski definition) is 2. The molecule has 0 spiro atoms. The zero-order valence-electron chi connectivity index (χ0n) is 23.9. The zero-order chi connectivity index (χ0) is 26.6. The average molecular weight is 557 g/mol. The molecule has 1 unspecified atom stereocenters. The summed E-state index contributed by atoms with van der Waals surface area (Å²) < 4.78 is 29.9. The van der Waals surface area contributed by atoms with Gasteiger partial charge in [-0.3, -0.25) is 9.09 Å². The Bertz CT molecular complexity index is 869. The van der Waals surface area contributed by atoms with Gasteiger partial charge in [0.1, 0.15) is 11.8 Å². The zero-order valence-corrected chi connectivity index (χ0v) is 24.9. The van der Waals surface area contributed by atoms with Gasteiger partial charge in [-0.05, 0) is 13.3 Å². The molecule has 10 nitrogen and oxygen atoms in total. The number of ether oxygens (including phenoxy) is 1. The highest BCUT2D eigenvalue weighted by Crippen LogP contribution is 2.24. The van der Waals surface area contributed by atoms with E-state index >= 15 is 0 Å². The first-order chi connectivity index (χ1) is 18.1. The summed E-state index contributed by atoms with van der Waals surface area (Å²) in [4.78, 5) is 12.4. The van der Waals surface area contributed by atoms with Crippen molar-refractivity contribution in [1.82, 2.24) is 25.7 Å². The normalized spacial score (nSPS) is 13.0. The van der Waals surface area contributed by atoms with Crippen LogP contribution in [0.4, 0.5) is 5.82 Å². The van der Waals surface area contributed by atoms with Crippen molar-refractivity contribution < 1.29 is 18.3 Å². The highest BCUT2D eigenvalue weighted by Gasteiger charge is 2.11. The molecule has 2 heterocycles. The van der Waals surface area contributed by atoms with Crippen molar-refractivity contribution >= 4 is 25.2 Å². The lowest BCUT2D eigenvalue weighted by Crippen LogP contribution is -2.17. The third-order valence-corrected chi connectivity index (χ3v) is 7.42. The van der Waals surface area contributed by atoms with Crippen molar-refractivity contribution in [3.8, 4) is 0 Å². The Morgan fingerprint density at radius 3 is 1.97 bits per heavy atom. The van der Waals surface area contributed by atoms with Gasteiger partial charge < -0.3 is 25.7 Å². The first kappa shape index (κ1) is 34.4. The number of hydrogen-bond acceptors (Lipinski definition) is 9. The molecule has 0 saturated heterocycles. The van der Waals surface area contributed by atoms with E-state index in [4.69, 9.17) is 19.5 Å². The molecule has 0 aliphatic rings. The molecular formula is C27H53N6O4P. The molecule has 0 saturated carbocycles. The van der Waals surface area contributed by atoms with Gasteiger partial charge in [-0.2, -0.15) is 0 Å². The van der Waals surface area contributed by atoms with Crippen LogP contribution in [0.25, 0.3) is 11.2 Å². The maximum atomic E-state index is 11.9. The molecule has 2 aromatic rings. The summed E-state index contributed by atoms with van der Waals surface area (Å²) in [6.45, 7) is 5.07. The van der Waals surface area contributed by atoms with Gasteiger partial charge in [-0.25, -0.2) is 15.0 Å². The second kappa shape index (κ2) is 22.3. The number of anilines is 1. The Hall–Kier alpha value is -1.58. The van der Waals surface area contributed by atoms with Crippen LogP contribution < -0.4 is 11.9 Å². The molecule has 0 amide bonds. The molecule has 2 atom stereocenters. The fourth-order valence-corrected chi connectivity index (χ4v) is 4.97. The molecule has 0 radical (unpaired) electrons. The molecule has 11 heteroatoms. The van der Waals surface area contributed by atoms with Gasteiger partial charge in [0.05, 0.1) is 25.6 Å². The van der Waals surface area contributed by atoms with E-state index in [9.17, 15) is 4.57 Å². The maximum absolute atomic E-state index is 11.9. The summed E-state index contributed by atoms with van der Waals surface area (Å²) in [7, 11) is -2.54. The molecule has 220 valence electrons. The second-order valence-corrected chi connectivity index (χ2v) is 11.0. The Labute approximate surface area is 230 Å². The maximum Gasteiger partial charge on any atom is 0.321 e. The van der Waals surface area contributed by atoms with E-state index in [0.717, 1.165) is 12.8 Å². The SMILES string of the molecule is CCCCCCCCCCCCCCCCCCO[PH](=O)OCO[C@H](C)Cn1cnc2c(N)ncnc21.N. The van der Waals surface area contributed by atoms with Crippen molar-refractivity contribution in [3.63, 3.8) is 0 Å². The van der Waals surface area contributed by atoms with Crippen molar-refractivity contribution in [2.24, 2.45) is 0 Å². The number of aromatic nitrogens is 4. The Morgan fingerprint density at radius 2 is 1.39 bits per heavy atom. The minimum Gasteiger partial charge on any atom is -0.382 e. The molecule has 2 aromatic heterocycles. The standard InChI is InChI=1S/C27H50N5O4P.H3N/c1-3-4-5-6-7-8-9-10-11-12-13-14-15-16-17-18-19-35-37(33)36-23-34-24(2)20-32-22-31-25-26(28)29-21-30-27(25)32;/h21-22,24,37H,3-20,23H2,1-2H3,(H2,28,29,30);1H3/t24-;/m1./s1. The predicted octanol–water partition coefficient (Wildman–Crippen LogP) is 7.62. The van der Waals surface area contributed by atoms with Gasteiger partial charge in [-0.15, -0.1) is 0 Å². The smallest absolute Gasteiger partial charge is 0.321 e. The summed E-state index contributed by atoms with van der Waals surface area (Å²) in [5.74, 6) is 0.348. The minimum atomic E-state index is -2.54. The van der Waals surface area contributed by atoms with Crippen LogP contribution in [-0.2, 0) is 24.9 Å². The fourth-order valence-electron chi connectivity index (χ4n) is 4.41. The summed E-state index contributed by atoms with van der Waals surface area (Å²) in [6.07, 6.45) is 24.1. The van der Waals surface area contributed by atoms with Crippen molar-refractivity contribution in [2.45, 2.75) is 129 Å². The largest absolute Gasteiger partial charge is 0.382 e. The van der Waals surface area contributed by atoms with Gasteiger partial charge in [-0.1, -0.05) is 103 Å². The van der Waals surface area contributed by atoms with Crippen LogP contribution in [0.15, 0.2) is 12.7 Å². The summed E-state index contributed by atoms with van der Waals surface area (Å²) in [5.41, 5.74) is 7.03. The first-order valence-electron chi connectivity index (χ1n) is 14.4. The van der Waals surface area contributed by atoms with Crippen molar-refractivity contribution in [1.29, 1.82) is 0 Å². The van der Waals surface area contributed by atoms with Crippen LogP contribution >= 0.6 is 8.25 Å². The molecule has 0 aliphatic heterocycles. The number of nitrogen functional groups attached to an aromatic ring is 1. The highest BCUT2D eigenvalue weighted by atomic mass is 31.1. The van der Waals surface area contributed by atoms with Crippen LogP contribution in [0.5, 0.6) is 0 Å². The van der Waals surface area contributed by atoms with E-state index in [2.05, 4.69) is 21.9 Å². The monoisotopic (exact) mass is 556 g/mol. The van der Waals surface area contributed by atoms with E-state index in [1.165, 1.54) is 96.2 Å². The summed E-state index contributed by atoms with van der Waals surface area (Å²) >= 11 is 0. The van der Waals surface area contributed by atoms with E-state index in [-0.39, 0.29) is 19.0 Å². The van der Waals surface area contributed by atoms with Crippen molar-refractivity contribution in [3.05, 3.63) is 12.7 Å². The third kappa shape index (κ3) is 15.1. The highest BCUT2D eigenvalue weighted by molar-refractivity contribution is 7.33. The van der Waals surface area contributed by atoms with Crippen LogP contribution in [0, 0.1) is 0 Å². The molecular weight excluding hydrogens is 503 g/mol. The molecule has 0 aromatic carbocycles. The lowest BCUT2D eigenvalue weighted by atomic mass is 10.0. The van der Waals surface area contributed by atoms with E-state index < -0.39 is 8.25 Å². The summed E-state index contributed by atoms with van der Waals surface area (Å²) in [5, 5.41) is 0. The van der Waals surface area contributed by atoms with Crippen molar-refractivity contribution in [2.75, 3.05) is 19.1 Å². The van der Waals surface area contributed by atoms with Crippen LogP contribution in [0.3, 0.4) is 0 Å². The first-order valence-corrected chi connectivity index (χ1v) is 15.7. The quantitative estimate of drug-likeness (QED) is 0.0756. The van der Waals surface area contributed by atoms with Gasteiger partial charge in [0, 0.05) is 0 Å². The summed E-state index contributed by atoms with van der Waals surface area (Å²) in [6, 6.07) is 0. The van der Waals surface area contributed by atoms with Gasteiger partial charge in [0.2, 0.25) is 0 Å². The lowest BCUT2D eigenvalue weighted by molar-refractivity contribution is -0.0367.